The van der Waals surface area contributed by atoms with Crippen molar-refractivity contribution < 1.29 is 23.8 Å². The minimum atomic E-state index is -1.24. The Bertz CT molecular complexity index is 362. The zero-order valence-electron chi connectivity index (χ0n) is 7.07. The molecule has 0 bridgehead atoms. The zero-order chi connectivity index (χ0) is 10.6. The van der Waals surface area contributed by atoms with Gasteiger partial charge in [-0.3, -0.25) is 0 Å². The van der Waals surface area contributed by atoms with Crippen LogP contribution in [0, 0.1) is 0 Å². The van der Waals surface area contributed by atoms with Gasteiger partial charge in [0.15, 0.2) is 6.67 Å². The third-order valence-electron chi connectivity index (χ3n) is 1.42. The van der Waals surface area contributed by atoms with Crippen LogP contribution in [0.5, 0.6) is 5.75 Å². The van der Waals surface area contributed by atoms with Gasteiger partial charge in [0.25, 0.3) is 0 Å². The van der Waals surface area contributed by atoms with E-state index >= 15 is 0 Å². The molecule has 0 aliphatic rings. The van der Waals surface area contributed by atoms with Crippen LogP contribution in [0.15, 0.2) is 24.3 Å². The Morgan fingerprint density at radius 3 is 2.71 bits per heavy atom. The van der Waals surface area contributed by atoms with Crippen LogP contribution in [0.1, 0.15) is 10.4 Å². The van der Waals surface area contributed by atoms with Crippen LogP contribution in [0.25, 0.3) is 0 Å². The van der Waals surface area contributed by atoms with Crippen molar-refractivity contribution in [2.75, 3.05) is 6.67 Å². The van der Waals surface area contributed by atoms with E-state index in [1.807, 2.05) is 0 Å². The predicted octanol–water partition coefficient (Wildman–Crippen LogP) is 1.26. The van der Waals surface area contributed by atoms with E-state index in [1.54, 1.807) is 0 Å². The van der Waals surface area contributed by atoms with Gasteiger partial charge in [-0.1, -0.05) is 6.07 Å². The van der Waals surface area contributed by atoms with Gasteiger partial charge in [-0.05, 0) is 18.2 Å². The van der Waals surface area contributed by atoms with Crippen LogP contribution in [-0.4, -0.2) is 23.7 Å². The molecular formula is C9H7FO4. The van der Waals surface area contributed by atoms with Crippen molar-refractivity contribution in [2.24, 2.45) is 0 Å². The van der Waals surface area contributed by atoms with E-state index in [1.165, 1.54) is 18.2 Å². The van der Waals surface area contributed by atoms with Crippen LogP contribution in [0.2, 0.25) is 0 Å². The number of esters is 1. The highest BCUT2D eigenvalue weighted by atomic mass is 19.1. The lowest BCUT2D eigenvalue weighted by molar-refractivity contribution is -0.135. The first kappa shape index (κ1) is 10.2. The van der Waals surface area contributed by atoms with Crippen molar-refractivity contribution >= 4 is 11.9 Å². The first-order valence-electron chi connectivity index (χ1n) is 3.73. The zero-order valence-corrected chi connectivity index (χ0v) is 7.07. The van der Waals surface area contributed by atoms with E-state index in [9.17, 15) is 14.0 Å². The molecule has 0 aromatic heterocycles. The number of aromatic carboxylic acids is 1. The Labute approximate surface area is 78.9 Å². The first-order chi connectivity index (χ1) is 6.63. The summed E-state index contributed by atoms with van der Waals surface area (Å²) >= 11 is 0. The number of halogens is 1. The molecule has 74 valence electrons. The fraction of sp³-hybridized carbons (Fsp3) is 0.111. The van der Waals surface area contributed by atoms with E-state index in [-0.39, 0.29) is 11.3 Å². The number of carbonyl (C=O) groups is 2. The lowest BCUT2D eigenvalue weighted by Gasteiger charge is -2.01. The van der Waals surface area contributed by atoms with Crippen LogP contribution >= 0.6 is 0 Å². The Balaban J connectivity index is 2.83. The Hall–Kier alpha value is -1.91. The number of rotatable bonds is 3. The number of carboxylic acid groups (broad SMARTS) is 1. The Morgan fingerprint density at radius 1 is 1.43 bits per heavy atom. The van der Waals surface area contributed by atoms with E-state index < -0.39 is 18.6 Å². The highest BCUT2D eigenvalue weighted by Crippen LogP contribution is 2.13. The Morgan fingerprint density at radius 2 is 2.14 bits per heavy atom. The van der Waals surface area contributed by atoms with Crippen molar-refractivity contribution in [2.45, 2.75) is 0 Å². The molecule has 1 N–H and O–H groups in total. The van der Waals surface area contributed by atoms with Gasteiger partial charge in [-0.25, -0.2) is 14.0 Å². The molecule has 4 nitrogen and oxygen atoms in total. The number of hydrogen-bond acceptors (Lipinski definition) is 3. The van der Waals surface area contributed by atoms with E-state index in [2.05, 4.69) is 4.74 Å². The standard InChI is InChI=1S/C9H7FO4/c10-5-8(11)14-7-3-1-2-6(4-7)9(12)13/h1-4H,5H2,(H,12,13). The molecule has 1 rings (SSSR count). The molecule has 0 unspecified atom stereocenters. The van der Waals surface area contributed by atoms with Gasteiger partial charge in [-0.2, -0.15) is 0 Å². The molecule has 0 amide bonds. The second-order valence-electron chi connectivity index (χ2n) is 2.44. The SMILES string of the molecule is O=C(CF)Oc1cccc(C(=O)O)c1. The average molecular weight is 198 g/mol. The number of benzene rings is 1. The molecule has 0 radical (unpaired) electrons. The van der Waals surface area contributed by atoms with Gasteiger partial charge in [-0.15, -0.1) is 0 Å². The third kappa shape index (κ3) is 2.55. The smallest absolute Gasteiger partial charge is 0.342 e. The lowest BCUT2D eigenvalue weighted by atomic mass is 10.2. The highest BCUT2D eigenvalue weighted by Gasteiger charge is 2.07. The van der Waals surface area contributed by atoms with Crippen molar-refractivity contribution in [3.8, 4) is 5.75 Å². The van der Waals surface area contributed by atoms with E-state index in [0.717, 1.165) is 6.07 Å². The molecule has 0 aliphatic carbocycles. The monoisotopic (exact) mass is 198 g/mol. The minimum Gasteiger partial charge on any atom is -0.478 e. The van der Waals surface area contributed by atoms with Crippen LogP contribution in [-0.2, 0) is 4.79 Å². The summed E-state index contributed by atoms with van der Waals surface area (Å²) in [6, 6.07) is 5.27. The maximum atomic E-state index is 11.7. The quantitative estimate of drug-likeness (QED) is 0.586. The average Bonchev–Trinajstić information content (AvgIpc) is 2.18. The largest absolute Gasteiger partial charge is 0.478 e. The third-order valence-corrected chi connectivity index (χ3v) is 1.42. The molecule has 14 heavy (non-hydrogen) atoms. The number of carboxylic acids is 1. The highest BCUT2D eigenvalue weighted by molar-refractivity contribution is 5.88. The van der Waals surface area contributed by atoms with Crippen molar-refractivity contribution in [3.63, 3.8) is 0 Å². The molecule has 1 aromatic carbocycles. The second-order valence-corrected chi connectivity index (χ2v) is 2.44. The molecular weight excluding hydrogens is 191 g/mol. The maximum Gasteiger partial charge on any atom is 0.342 e. The van der Waals surface area contributed by atoms with Crippen molar-refractivity contribution in [1.29, 1.82) is 0 Å². The number of carbonyl (C=O) groups excluding carboxylic acids is 1. The molecule has 0 saturated heterocycles. The normalized spacial score (nSPS) is 9.50. The van der Waals surface area contributed by atoms with Gasteiger partial charge in [0, 0.05) is 0 Å². The van der Waals surface area contributed by atoms with Crippen LogP contribution in [0.3, 0.4) is 0 Å². The lowest BCUT2D eigenvalue weighted by Crippen LogP contribution is -2.09. The Kier molecular flexibility index (Phi) is 3.17. The van der Waals surface area contributed by atoms with Gasteiger partial charge in [0.05, 0.1) is 5.56 Å². The van der Waals surface area contributed by atoms with E-state index in [4.69, 9.17) is 5.11 Å². The fourth-order valence-corrected chi connectivity index (χ4v) is 0.851. The van der Waals surface area contributed by atoms with Gasteiger partial charge in [0.2, 0.25) is 0 Å². The van der Waals surface area contributed by atoms with Crippen molar-refractivity contribution in [3.05, 3.63) is 29.8 Å². The predicted molar refractivity (Wildman–Crippen MR) is 45.0 cm³/mol. The molecule has 0 saturated carbocycles. The molecule has 0 atom stereocenters. The number of ether oxygens (including phenoxy) is 1. The van der Waals surface area contributed by atoms with Gasteiger partial charge >= 0.3 is 11.9 Å². The number of alkyl halides is 1. The summed E-state index contributed by atoms with van der Waals surface area (Å²) in [5.41, 5.74) is -0.0193. The molecule has 5 heteroatoms. The fourth-order valence-electron chi connectivity index (χ4n) is 0.851. The maximum absolute atomic E-state index is 11.7. The summed E-state index contributed by atoms with van der Waals surface area (Å²) < 4.78 is 16.2. The van der Waals surface area contributed by atoms with E-state index in [0.29, 0.717) is 0 Å². The summed E-state index contributed by atoms with van der Waals surface area (Å²) in [5.74, 6) is -2.16. The summed E-state index contributed by atoms with van der Waals surface area (Å²) in [5, 5.41) is 8.59. The summed E-state index contributed by atoms with van der Waals surface area (Å²) in [6.07, 6.45) is 0. The molecule has 0 fully saturated rings. The topological polar surface area (TPSA) is 63.6 Å². The minimum absolute atomic E-state index is 0.0193. The second kappa shape index (κ2) is 4.36. The molecule has 0 heterocycles. The van der Waals surface area contributed by atoms with Gasteiger partial charge < -0.3 is 9.84 Å². The molecule has 1 aromatic rings. The van der Waals surface area contributed by atoms with Crippen LogP contribution in [0.4, 0.5) is 4.39 Å². The molecule has 0 aliphatic heterocycles. The summed E-state index contributed by atoms with van der Waals surface area (Å²) in [7, 11) is 0. The first-order valence-corrected chi connectivity index (χ1v) is 3.73. The van der Waals surface area contributed by atoms with Crippen molar-refractivity contribution in [1.82, 2.24) is 0 Å². The summed E-state index contributed by atoms with van der Waals surface area (Å²) in [4.78, 5) is 21.0. The number of hydrogen-bond donors (Lipinski definition) is 1. The summed E-state index contributed by atoms with van der Waals surface area (Å²) in [6.45, 7) is -1.24. The molecule has 0 spiro atoms. The van der Waals surface area contributed by atoms with Crippen LogP contribution < -0.4 is 4.74 Å². The van der Waals surface area contributed by atoms with Gasteiger partial charge in [0.1, 0.15) is 5.75 Å².